The number of nitrogens with zero attached hydrogens (tertiary/aromatic N) is 1. The van der Waals surface area contributed by atoms with Gasteiger partial charge in [-0.15, -0.1) is 0 Å². The molecule has 3 unspecified atom stereocenters. The first-order chi connectivity index (χ1) is 41.5. The molecule has 9 heteroatoms. The van der Waals surface area contributed by atoms with Gasteiger partial charge in [0, 0.05) is 6.42 Å². The lowest BCUT2D eigenvalue weighted by Crippen LogP contribution is -2.45. The zero-order chi connectivity index (χ0) is 61.9. The smallest absolute Gasteiger partial charge is 0.268 e. The van der Waals surface area contributed by atoms with Gasteiger partial charge in [-0.1, -0.05) is 350 Å². The molecule has 0 rings (SSSR count). The van der Waals surface area contributed by atoms with Crippen molar-refractivity contribution in [3.8, 4) is 0 Å². The minimum absolute atomic E-state index is 0.00615. The van der Waals surface area contributed by atoms with Gasteiger partial charge in [0.25, 0.3) is 7.82 Å². The Hall–Kier alpha value is -2.06. The number of unbranched alkanes of at least 4 members (excludes halogenated alkanes) is 45. The number of amides is 1. The molecule has 0 aliphatic heterocycles. The molecule has 2 N–H and O–H groups in total. The van der Waals surface area contributed by atoms with Crippen LogP contribution in [0.5, 0.6) is 0 Å². The van der Waals surface area contributed by atoms with Gasteiger partial charge in [0.1, 0.15) is 13.2 Å². The summed E-state index contributed by atoms with van der Waals surface area (Å²) in [7, 11) is 1.26. The summed E-state index contributed by atoms with van der Waals surface area (Å²) in [4.78, 5) is 25.7. The molecule has 0 spiro atoms. The number of hydrogen-bond acceptors (Lipinski definition) is 6. The number of phosphoric ester groups is 1. The second-order valence-corrected chi connectivity index (χ2v) is 27.7. The first-order valence-electron chi connectivity index (χ1n) is 36.8. The van der Waals surface area contributed by atoms with Gasteiger partial charge >= 0.3 is 0 Å². The van der Waals surface area contributed by atoms with Crippen molar-refractivity contribution < 1.29 is 32.9 Å². The molecule has 85 heavy (non-hydrogen) atoms. The van der Waals surface area contributed by atoms with Crippen molar-refractivity contribution >= 4 is 13.7 Å². The second kappa shape index (κ2) is 66.4. The summed E-state index contributed by atoms with van der Waals surface area (Å²) in [6.45, 7) is 4.57. The average Bonchev–Trinajstić information content (AvgIpc) is 3.48. The molecule has 0 aromatic heterocycles. The molecule has 1 amide bonds. The minimum Gasteiger partial charge on any atom is -0.756 e. The summed E-state index contributed by atoms with van der Waals surface area (Å²) in [6, 6.07) is -0.906. The highest BCUT2D eigenvalue weighted by atomic mass is 31.2. The molecule has 498 valence electrons. The van der Waals surface area contributed by atoms with Crippen LogP contribution in [0, 0.1) is 0 Å². The maximum absolute atomic E-state index is 13.1. The Morgan fingerprint density at radius 1 is 0.424 bits per heavy atom. The molecule has 0 bridgehead atoms. The number of carbonyl (C=O) groups excluding carboxylic acids is 1. The lowest BCUT2D eigenvalue weighted by Gasteiger charge is -2.29. The molecule has 0 aliphatic rings. The van der Waals surface area contributed by atoms with E-state index >= 15 is 0 Å². The normalized spacial score (nSPS) is 14.0. The molecule has 3 atom stereocenters. The third-order valence-electron chi connectivity index (χ3n) is 16.7. The van der Waals surface area contributed by atoms with Gasteiger partial charge < -0.3 is 28.8 Å². The van der Waals surface area contributed by atoms with E-state index in [1.165, 1.54) is 270 Å². The van der Waals surface area contributed by atoms with E-state index in [9.17, 15) is 19.4 Å². The quantitative estimate of drug-likeness (QED) is 0.0272. The summed E-state index contributed by atoms with van der Waals surface area (Å²) in [5, 5.41) is 14.0. The van der Waals surface area contributed by atoms with Gasteiger partial charge in [-0.2, -0.15) is 0 Å². The van der Waals surface area contributed by atoms with Gasteiger partial charge in [0.2, 0.25) is 5.91 Å². The Bertz CT molecular complexity index is 1620. The summed E-state index contributed by atoms with van der Waals surface area (Å²) < 4.78 is 23.5. The largest absolute Gasteiger partial charge is 0.756 e. The number of rotatable bonds is 68. The molecule has 0 aromatic rings. The molecule has 0 aromatic carbocycles. The first-order valence-corrected chi connectivity index (χ1v) is 38.3. The van der Waals surface area contributed by atoms with Crippen LogP contribution in [0.1, 0.15) is 354 Å². The van der Waals surface area contributed by atoms with E-state index in [-0.39, 0.29) is 12.5 Å². The highest BCUT2D eigenvalue weighted by Gasteiger charge is 2.23. The number of phosphoric acid groups is 1. The second-order valence-electron chi connectivity index (χ2n) is 26.3. The van der Waals surface area contributed by atoms with E-state index in [0.29, 0.717) is 17.4 Å². The predicted molar refractivity (Wildman–Crippen MR) is 371 cm³/mol. The van der Waals surface area contributed by atoms with Crippen LogP contribution in [-0.2, 0) is 18.4 Å². The van der Waals surface area contributed by atoms with E-state index in [4.69, 9.17) is 9.05 Å². The van der Waals surface area contributed by atoms with Crippen molar-refractivity contribution in [3.63, 3.8) is 0 Å². The average molecular weight is 1210 g/mol. The molecule has 8 nitrogen and oxygen atoms in total. The zero-order valence-corrected chi connectivity index (χ0v) is 58.0. The molecule has 0 fully saturated rings. The van der Waals surface area contributed by atoms with Crippen molar-refractivity contribution in [1.29, 1.82) is 0 Å². The molecule has 0 heterocycles. The van der Waals surface area contributed by atoms with E-state index in [1.54, 1.807) is 6.08 Å². The van der Waals surface area contributed by atoms with Crippen LogP contribution in [0.15, 0.2) is 72.9 Å². The van der Waals surface area contributed by atoms with Gasteiger partial charge in [-0.3, -0.25) is 9.36 Å². The van der Waals surface area contributed by atoms with Crippen molar-refractivity contribution in [2.75, 3.05) is 40.9 Å². The van der Waals surface area contributed by atoms with Crippen LogP contribution in [0.3, 0.4) is 0 Å². The predicted octanol–water partition coefficient (Wildman–Crippen LogP) is 23.1. The lowest BCUT2D eigenvalue weighted by molar-refractivity contribution is -0.870. The van der Waals surface area contributed by atoms with Crippen LogP contribution in [0.25, 0.3) is 0 Å². The van der Waals surface area contributed by atoms with E-state index in [1.807, 2.05) is 27.2 Å². The zero-order valence-electron chi connectivity index (χ0n) is 57.1. The van der Waals surface area contributed by atoms with E-state index in [0.717, 1.165) is 64.2 Å². The number of nitrogens with one attached hydrogen (secondary N) is 1. The molecule has 0 saturated carbocycles. The Kier molecular flexibility index (Phi) is 64.8. The Balaban J connectivity index is 4.03. The summed E-state index contributed by atoms with van der Waals surface area (Å²) in [6.07, 6.45) is 93.3. The van der Waals surface area contributed by atoms with Crippen LogP contribution >= 0.6 is 7.82 Å². The summed E-state index contributed by atoms with van der Waals surface area (Å²) in [5.41, 5.74) is 0. The van der Waals surface area contributed by atoms with Crippen molar-refractivity contribution in [1.82, 2.24) is 5.32 Å². The van der Waals surface area contributed by atoms with Crippen molar-refractivity contribution in [3.05, 3.63) is 72.9 Å². The fraction of sp³-hybridized carbons (Fsp3) is 0.829. The third kappa shape index (κ3) is 69.3. The van der Waals surface area contributed by atoms with Gasteiger partial charge in [-0.25, -0.2) is 0 Å². The van der Waals surface area contributed by atoms with Crippen LogP contribution in [0.2, 0.25) is 0 Å². The number of aliphatic hydroxyl groups excluding tert-OH is 1. The standard InChI is InChI=1S/C76H143N2O6P/c1-6-8-10-12-14-16-18-20-22-24-26-28-30-32-34-36-37-38-39-40-41-42-44-46-48-50-52-54-56-58-60-62-64-66-68-70-76(80)77-74(73-84-85(81,82)83-72-71-78(3,4)5)75(79)69-67-65-63-61-59-57-55-53-51-49-47-45-43-35-33-31-29-27-25-23-21-19-17-15-13-11-9-7-2/h8,10,14,16,20,22,26,28,59,61,67,69,74-75,79H,6-7,9,11-13,15,17-19,21,23-25,27,29-58,60,62-66,68,70-73H2,1-5H3,(H-,77,80,81,82)/b10-8-,16-14-,22-20-,28-26-,61-59+,69-67+. The highest BCUT2D eigenvalue weighted by Crippen LogP contribution is 2.38. The van der Waals surface area contributed by atoms with Crippen molar-refractivity contribution in [2.45, 2.75) is 366 Å². The van der Waals surface area contributed by atoms with Gasteiger partial charge in [-0.05, 0) is 70.6 Å². The first kappa shape index (κ1) is 82.9. The summed E-state index contributed by atoms with van der Waals surface area (Å²) in [5.74, 6) is -0.201. The third-order valence-corrected chi connectivity index (χ3v) is 17.6. The molecule has 0 aliphatic carbocycles. The number of carbonyl (C=O) groups is 1. The maximum atomic E-state index is 13.1. The maximum Gasteiger partial charge on any atom is 0.268 e. The Morgan fingerprint density at radius 2 is 0.729 bits per heavy atom. The fourth-order valence-electron chi connectivity index (χ4n) is 11.0. The number of likely N-dealkylation sites (N-methyl/N-ethyl adjacent to an activating group) is 1. The topological polar surface area (TPSA) is 108 Å². The monoisotopic (exact) mass is 1210 g/mol. The minimum atomic E-state index is -4.61. The van der Waals surface area contributed by atoms with Crippen LogP contribution in [-0.4, -0.2) is 68.5 Å². The Labute approximate surface area is 529 Å². The van der Waals surface area contributed by atoms with Crippen LogP contribution < -0.4 is 10.2 Å². The summed E-state index contributed by atoms with van der Waals surface area (Å²) >= 11 is 0. The fourth-order valence-corrected chi connectivity index (χ4v) is 11.7. The molecular weight excluding hydrogens is 1070 g/mol. The lowest BCUT2D eigenvalue weighted by atomic mass is 10.0. The molecular formula is C76H143N2O6P. The van der Waals surface area contributed by atoms with Crippen molar-refractivity contribution in [2.24, 2.45) is 0 Å². The number of hydrogen-bond donors (Lipinski definition) is 2. The highest BCUT2D eigenvalue weighted by molar-refractivity contribution is 7.45. The van der Waals surface area contributed by atoms with Crippen LogP contribution in [0.4, 0.5) is 0 Å². The molecule has 0 radical (unpaired) electrons. The van der Waals surface area contributed by atoms with Gasteiger partial charge in [0.05, 0.1) is 39.9 Å². The number of allylic oxidation sites excluding steroid dienone is 11. The SMILES string of the molecule is CC/C=C\C/C=C\C/C=C\C/C=C\CCCCCCCCCCCCCCCCCCCCCCCCC(=O)NC(COP(=O)([O-])OCC[N+](C)(C)C)C(O)/C=C/CC/C=C/CCCCCCCCCCCCCCCCCCCCCCCC. The van der Waals surface area contributed by atoms with E-state index in [2.05, 4.69) is 79.9 Å². The number of aliphatic hydroxyl groups is 1. The number of quaternary nitrogens is 1. The van der Waals surface area contributed by atoms with Gasteiger partial charge in [0.15, 0.2) is 0 Å². The molecule has 0 saturated heterocycles. The Morgan fingerprint density at radius 3 is 1.09 bits per heavy atom. The van der Waals surface area contributed by atoms with E-state index < -0.39 is 26.6 Å².